The van der Waals surface area contributed by atoms with E-state index in [1.54, 1.807) is 6.92 Å². The minimum absolute atomic E-state index is 0.282. The van der Waals surface area contributed by atoms with Crippen molar-refractivity contribution < 1.29 is 13.9 Å². The SMILES string of the molecule is COC(=O)C(C)Sc1nnc(C2CCCC2)o1. The standard InChI is InChI=1S/C11H16N2O3S/c1-7(10(14)15-2)17-11-13-12-9(16-11)8-5-3-4-6-8/h7-8H,3-6H2,1-2H3. The molecule has 1 aromatic rings. The molecule has 0 aromatic carbocycles. The van der Waals surface area contributed by atoms with Crippen LogP contribution in [0.15, 0.2) is 9.64 Å². The fraction of sp³-hybridized carbons (Fsp3) is 0.727. The molecule has 0 spiro atoms. The van der Waals surface area contributed by atoms with Crippen molar-refractivity contribution in [2.75, 3.05) is 7.11 Å². The lowest BCUT2D eigenvalue weighted by Crippen LogP contribution is -2.14. The van der Waals surface area contributed by atoms with Crippen molar-refractivity contribution in [1.29, 1.82) is 0 Å². The quantitative estimate of drug-likeness (QED) is 0.608. The summed E-state index contributed by atoms with van der Waals surface area (Å²) >= 11 is 1.24. The Bertz CT molecular complexity index is 388. The molecule has 1 aliphatic rings. The van der Waals surface area contributed by atoms with E-state index in [1.165, 1.54) is 31.7 Å². The molecule has 1 atom stereocenters. The predicted octanol–water partition coefficient (Wildman–Crippen LogP) is 2.38. The van der Waals surface area contributed by atoms with Crippen LogP contribution in [0.2, 0.25) is 0 Å². The van der Waals surface area contributed by atoms with Crippen LogP contribution in [0, 0.1) is 0 Å². The molecular weight excluding hydrogens is 240 g/mol. The van der Waals surface area contributed by atoms with Gasteiger partial charge in [0.05, 0.1) is 7.11 Å². The first-order valence-electron chi connectivity index (χ1n) is 5.78. The minimum Gasteiger partial charge on any atom is -0.468 e. The average molecular weight is 256 g/mol. The maximum absolute atomic E-state index is 11.2. The van der Waals surface area contributed by atoms with Crippen molar-refractivity contribution in [2.24, 2.45) is 0 Å². The molecule has 6 heteroatoms. The maximum atomic E-state index is 11.2. The Morgan fingerprint density at radius 1 is 1.47 bits per heavy atom. The van der Waals surface area contributed by atoms with Crippen molar-refractivity contribution in [3.8, 4) is 0 Å². The van der Waals surface area contributed by atoms with Gasteiger partial charge in [-0.1, -0.05) is 24.6 Å². The van der Waals surface area contributed by atoms with E-state index in [9.17, 15) is 4.79 Å². The van der Waals surface area contributed by atoms with Crippen molar-refractivity contribution in [3.05, 3.63) is 5.89 Å². The first kappa shape index (κ1) is 12.4. The van der Waals surface area contributed by atoms with Gasteiger partial charge in [0.1, 0.15) is 5.25 Å². The minimum atomic E-state index is -0.322. The number of ether oxygens (including phenoxy) is 1. The van der Waals surface area contributed by atoms with Gasteiger partial charge in [0.2, 0.25) is 5.89 Å². The summed E-state index contributed by atoms with van der Waals surface area (Å²) in [7, 11) is 1.37. The molecule has 5 nitrogen and oxygen atoms in total. The number of esters is 1. The second-order valence-electron chi connectivity index (χ2n) is 4.17. The molecule has 0 amide bonds. The number of hydrogen-bond donors (Lipinski definition) is 0. The molecular formula is C11H16N2O3S. The van der Waals surface area contributed by atoms with E-state index in [-0.39, 0.29) is 11.2 Å². The number of aromatic nitrogens is 2. The van der Waals surface area contributed by atoms with Gasteiger partial charge >= 0.3 is 5.97 Å². The van der Waals surface area contributed by atoms with E-state index in [1.807, 2.05) is 0 Å². The van der Waals surface area contributed by atoms with Gasteiger partial charge in [0.15, 0.2) is 0 Å². The van der Waals surface area contributed by atoms with Crippen LogP contribution in [0.3, 0.4) is 0 Å². The van der Waals surface area contributed by atoms with E-state index in [0.717, 1.165) is 12.8 Å². The predicted molar refractivity (Wildman–Crippen MR) is 62.8 cm³/mol. The van der Waals surface area contributed by atoms with Gasteiger partial charge in [0.25, 0.3) is 5.22 Å². The van der Waals surface area contributed by atoms with E-state index in [0.29, 0.717) is 17.0 Å². The second-order valence-corrected chi connectivity index (χ2v) is 5.46. The molecule has 1 saturated carbocycles. The molecule has 0 radical (unpaired) electrons. The van der Waals surface area contributed by atoms with Gasteiger partial charge in [-0.15, -0.1) is 10.2 Å². The Morgan fingerprint density at radius 2 is 2.18 bits per heavy atom. The highest BCUT2D eigenvalue weighted by molar-refractivity contribution is 8.00. The third-order valence-corrected chi connectivity index (χ3v) is 3.85. The third kappa shape index (κ3) is 3.00. The van der Waals surface area contributed by atoms with Gasteiger partial charge in [-0.25, -0.2) is 0 Å². The molecule has 1 aromatic heterocycles. The Hall–Kier alpha value is -1.04. The summed E-state index contributed by atoms with van der Waals surface area (Å²) in [5, 5.41) is 8.13. The van der Waals surface area contributed by atoms with Crippen molar-refractivity contribution in [1.82, 2.24) is 10.2 Å². The van der Waals surface area contributed by atoms with Gasteiger partial charge in [-0.2, -0.15) is 0 Å². The first-order chi connectivity index (χ1) is 8.20. The number of rotatable bonds is 4. The number of carbonyl (C=O) groups excluding carboxylic acids is 1. The molecule has 0 aliphatic heterocycles. The molecule has 1 unspecified atom stereocenters. The van der Waals surface area contributed by atoms with E-state index in [4.69, 9.17) is 4.42 Å². The van der Waals surface area contributed by atoms with Gasteiger partial charge < -0.3 is 9.15 Å². The summed E-state index contributed by atoms with van der Waals surface area (Å²) in [6.07, 6.45) is 4.71. The number of thioether (sulfide) groups is 1. The van der Waals surface area contributed by atoms with Gasteiger partial charge in [-0.05, 0) is 19.8 Å². The summed E-state index contributed by atoms with van der Waals surface area (Å²) in [6, 6.07) is 0. The zero-order valence-electron chi connectivity index (χ0n) is 10.0. The Kier molecular flexibility index (Phi) is 4.04. The first-order valence-corrected chi connectivity index (χ1v) is 6.66. The highest BCUT2D eigenvalue weighted by Crippen LogP contribution is 2.34. The number of methoxy groups -OCH3 is 1. The lowest BCUT2D eigenvalue weighted by atomic mass is 10.1. The van der Waals surface area contributed by atoms with Crippen molar-refractivity contribution in [3.63, 3.8) is 0 Å². The van der Waals surface area contributed by atoms with Crippen molar-refractivity contribution in [2.45, 2.75) is 49.0 Å². The molecule has 0 bridgehead atoms. The molecule has 1 heterocycles. The largest absolute Gasteiger partial charge is 0.468 e. The molecule has 0 saturated heterocycles. The van der Waals surface area contributed by atoms with Gasteiger partial charge in [-0.3, -0.25) is 4.79 Å². The fourth-order valence-corrected chi connectivity index (χ4v) is 2.69. The van der Waals surface area contributed by atoms with Crippen LogP contribution in [0.4, 0.5) is 0 Å². The Morgan fingerprint density at radius 3 is 2.82 bits per heavy atom. The highest BCUT2D eigenvalue weighted by atomic mass is 32.2. The zero-order valence-corrected chi connectivity index (χ0v) is 10.8. The highest BCUT2D eigenvalue weighted by Gasteiger charge is 2.24. The molecule has 1 aliphatic carbocycles. The third-order valence-electron chi connectivity index (χ3n) is 2.94. The lowest BCUT2D eigenvalue weighted by Gasteiger charge is -2.04. The summed E-state index contributed by atoms with van der Waals surface area (Å²) < 4.78 is 10.2. The number of nitrogens with zero attached hydrogens (tertiary/aromatic N) is 2. The summed E-state index contributed by atoms with van der Waals surface area (Å²) in [5.41, 5.74) is 0. The molecule has 94 valence electrons. The lowest BCUT2D eigenvalue weighted by molar-refractivity contribution is -0.139. The smallest absolute Gasteiger partial charge is 0.319 e. The monoisotopic (exact) mass is 256 g/mol. The molecule has 1 fully saturated rings. The number of hydrogen-bond acceptors (Lipinski definition) is 6. The van der Waals surface area contributed by atoms with E-state index >= 15 is 0 Å². The van der Waals surface area contributed by atoms with Crippen LogP contribution >= 0.6 is 11.8 Å². The average Bonchev–Trinajstić information content (AvgIpc) is 2.97. The van der Waals surface area contributed by atoms with E-state index in [2.05, 4.69) is 14.9 Å². The van der Waals surface area contributed by atoms with Crippen LogP contribution in [0.25, 0.3) is 0 Å². The molecule has 0 N–H and O–H groups in total. The Labute approximate surface area is 104 Å². The van der Waals surface area contributed by atoms with Gasteiger partial charge in [0, 0.05) is 5.92 Å². The number of carbonyl (C=O) groups is 1. The Balaban J connectivity index is 1.96. The topological polar surface area (TPSA) is 65.2 Å². The van der Waals surface area contributed by atoms with Crippen LogP contribution < -0.4 is 0 Å². The summed E-state index contributed by atoms with van der Waals surface area (Å²) in [6.45, 7) is 1.76. The molecule has 17 heavy (non-hydrogen) atoms. The normalized spacial score (nSPS) is 18.2. The van der Waals surface area contributed by atoms with Crippen LogP contribution in [-0.2, 0) is 9.53 Å². The maximum Gasteiger partial charge on any atom is 0.319 e. The summed E-state index contributed by atoms with van der Waals surface area (Å²) in [4.78, 5) is 11.2. The van der Waals surface area contributed by atoms with Crippen LogP contribution in [-0.4, -0.2) is 28.5 Å². The van der Waals surface area contributed by atoms with Crippen molar-refractivity contribution >= 4 is 17.7 Å². The zero-order chi connectivity index (χ0) is 12.3. The molecule has 2 rings (SSSR count). The van der Waals surface area contributed by atoms with E-state index < -0.39 is 0 Å². The second kappa shape index (κ2) is 5.53. The van der Waals surface area contributed by atoms with Crippen LogP contribution in [0.5, 0.6) is 0 Å². The fourth-order valence-electron chi connectivity index (χ4n) is 1.97. The van der Waals surface area contributed by atoms with Crippen LogP contribution in [0.1, 0.15) is 44.4 Å². The summed E-state index contributed by atoms with van der Waals surface area (Å²) in [5.74, 6) is 0.836.